The van der Waals surface area contributed by atoms with Crippen molar-refractivity contribution in [2.75, 3.05) is 13.2 Å². The van der Waals surface area contributed by atoms with Crippen molar-refractivity contribution in [3.63, 3.8) is 0 Å². The summed E-state index contributed by atoms with van der Waals surface area (Å²) in [5, 5.41) is 26.3. The number of aliphatic hydroxyl groups is 1. The zero-order chi connectivity index (χ0) is 26.8. The Morgan fingerprint density at radius 3 is 2.19 bits per heavy atom. The van der Waals surface area contributed by atoms with Gasteiger partial charge in [0.05, 0.1) is 0 Å². The molecule has 1 aliphatic heterocycles. The van der Waals surface area contributed by atoms with Crippen LogP contribution in [0.15, 0.2) is 60.8 Å². The number of aliphatic carboxylic acids is 2. The second kappa shape index (κ2) is 14.5. The Balaban J connectivity index is 0.000000661. The summed E-state index contributed by atoms with van der Waals surface area (Å²) in [5.41, 5.74) is 2.40. The van der Waals surface area contributed by atoms with Crippen LogP contribution in [0.3, 0.4) is 0 Å². The number of likely N-dealkylation sites (tertiary alicyclic amines) is 1. The zero-order valence-corrected chi connectivity index (χ0v) is 22.1. The van der Waals surface area contributed by atoms with Crippen LogP contribution < -0.4 is 4.74 Å². The molecule has 1 aromatic heterocycles. The number of ether oxygens (including phenoxy) is 1. The quantitative estimate of drug-likeness (QED) is 0.429. The van der Waals surface area contributed by atoms with Gasteiger partial charge in [-0.2, -0.15) is 0 Å². The average Bonchev–Trinajstić information content (AvgIpc) is 2.80. The largest absolute Gasteiger partial charge is 0.491 e. The first-order valence-electron chi connectivity index (χ1n) is 12.1. The van der Waals surface area contributed by atoms with Crippen LogP contribution in [-0.4, -0.2) is 73.0 Å². The number of carbonyl (C=O) groups is 2. The van der Waals surface area contributed by atoms with Crippen LogP contribution in [0, 0.1) is 0 Å². The summed E-state index contributed by atoms with van der Waals surface area (Å²) in [6, 6.07) is 14.0. The van der Waals surface area contributed by atoms with Crippen molar-refractivity contribution >= 4 is 11.9 Å². The fourth-order valence-corrected chi connectivity index (χ4v) is 4.59. The number of piperidine rings is 1. The van der Waals surface area contributed by atoms with E-state index in [1.807, 2.05) is 42.6 Å². The van der Waals surface area contributed by atoms with Crippen LogP contribution in [0.25, 0.3) is 0 Å². The predicted octanol–water partition coefficient (Wildman–Crippen LogP) is 3.34. The van der Waals surface area contributed by atoms with E-state index < -0.39 is 18.0 Å². The minimum Gasteiger partial charge on any atom is -0.491 e. The second-order valence-corrected chi connectivity index (χ2v) is 10.2. The first-order chi connectivity index (χ1) is 16.9. The third-order valence-electron chi connectivity index (χ3n) is 6.25. The molecule has 1 atom stereocenters. The van der Waals surface area contributed by atoms with Gasteiger partial charge in [-0.15, -0.1) is 0 Å². The summed E-state index contributed by atoms with van der Waals surface area (Å²) >= 11 is 0. The summed E-state index contributed by atoms with van der Waals surface area (Å²) < 4.78 is 5.93. The molecule has 1 fully saturated rings. The molecule has 0 amide bonds. The van der Waals surface area contributed by atoms with Crippen LogP contribution in [0.2, 0.25) is 0 Å². The van der Waals surface area contributed by atoms with E-state index in [1.165, 1.54) is 19.3 Å². The standard InChI is InChI=1S/C24H34N2O2.C4H4O4.H2O/c1-23(2)12-8-13-24(3,4)26(23)17-21(27)18-28-22-11-7-9-19(16-22)15-20-10-5-6-14-25-20;5-3(6)1-2-4(7)8;/h5-7,9-11,14,16,21,27H,8,12-13,15,17-18H2,1-4H3;1-2H,(H,5,6)(H,7,8);1H2/b;2-1+;. The van der Waals surface area contributed by atoms with Crippen molar-refractivity contribution < 1.29 is 35.1 Å². The number of nitrogens with zero attached hydrogens (tertiary/aromatic N) is 2. The lowest BCUT2D eigenvalue weighted by atomic mass is 9.79. The first-order valence-corrected chi connectivity index (χ1v) is 12.1. The highest BCUT2D eigenvalue weighted by atomic mass is 16.5. The van der Waals surface area contributed by atoms with Crippen molar-refractivity contribution in [2.45, 2.75) is 70.6 Å². The van der Waals surface area contributed by atoms with Crippen molar-refractivity contribution in [3.8, 4) is 5.75 Å². The lowest BCUT2D eigenvalue weighted by molar-refractivity contribution is -0.134. The first kappa shape index (κ1) is 31.8. The van der Waals surface area contributed by atoms with Gasteiger partial charge in [0, 0.05) is 48.1 Å². The molecule has 0 bridgehead atoms. The number of benzene rings is 1. The van der Waals surface area contributed by atoms with Crippen LogP contribution in [-0.2, 0) is 16.0 Å². The Morgan fingerprint density at radius 1 is 1.03 bits per heavy atom. The lowest BCUT2D eigenvalue weighted by Crippen LogP contribution is -2.60. The van der Waals surface area contributed by atoms with Gasteiger partial charge in [0.2, 0.25) is 0 Å². The Kier molecular flexibility index (Phi) is 12.4. The molecule has 9 nitrogen and oxygen atoms in total. The predicted molar refractivity (Wildman–Crippen MR) is 142 cm³/mol. The number of carboxylic acid groups (broad SMARTS) is 2. The van der Waals surface area contributed by atoms with Crippen molar-refractivity contribution in [3.05, 3.63) is 72.1 Å². The molecule has 1 aromatic carbocycles. The van der Waals surface area contributed by atoms with E-state index in [4.69, 9.17) is 14.9 Å². The number of aromatic nitrogens is 1. The number of hydrogen-bond acceptors (Lipinski definition) is 6. The number of aliphatic hydroxyl groups excluding tert-OH is 1. The minimum atomic E-state index is -1.26. The molecule has 204 valence electrons. The molecule has 1 aliphatic rings. The fourth-order valence-electron chi connectivity index (χ4n) is 4.59. The molecular weight excluding hydrogens is 476 g/mol. The highest BCUT2D eigenvalue weighted by molar-refractivity contribution is 5.89. The molecule has 37 heavy (non-hydrogen) atoms. The van der Waals surface area contributed by atoms with Gasteiger partial charge in [0.1, 0.15) is 18.5 Å². The molecule has 2 aromatic rings. The highest BCUT2D eigenvalue weighted by Crippen LogP contribution is 2.38. The summed E-state index contributed by atoms with van der Waals surface area (Å²) in [6.07, 6.45) is 6.76. The van der Waals surface area contributed by atoms with E-state index in [9.17, 15) is 14.7 Å². The van der Waals surface area contributed by atoms with Gasteiger partial charge >= 0.3 is 11.9 Å². The third-order valence-corrected chi connectivity index (χ3v) is 6.25. The maximum Gasteiger partial charge on any atom is 0.328 e. The van der Waals surface area contributed by atoms with E-state index in [0.717, 1.165) is 23.4 Å². The summed E-state index contributed by atoms with van der Waals surface area (Å²) in [5.74, 6) is -1.72. The Labute approximate surface area is 218 Å². The van der Waals surface area contributed by atoms with Gasteiger partial charge in [0.15, 0.2) is 0 Å². The molecule has 0 radical (unpaired) electrons. The SMILES string of the molecule is CC1(C)CCCC(C)(C)N1CC(O)COc1cccc(Cc2ccccn2)c1.O.O=C(O)/C=C/C(=O)O. The fraction of sp³-hybridized carbons (Fsp3) is 0.464. The monoisotopic (exact) mass is 516 g/mol. The van der Waals surface area contributed by atoms with Gasteiger partial charge in [0.25, 0.3) is 0 Å². The maximum absolute atomic E-state index is 10.7. The molecule has 0 saturated carbocycles. The number of hydrogen-bond donors (Lipinski definition) is 3. The number of carboxylic acids is 2. The molecule has 0 aliphatic carbocycles. The Bertz CT molecular complexity index is 990. The second-order valence-electron chi connectivity index (χ2n) is 10.2. The van der Waals surface area contributed by atoms with E-state index >= 15 is 0 Å². The van der Waals surface area contributed by atoms with Crippen LogP contribution in [0.5, 0.6) is 5.75 Å². The lowest BCUT2D eigenvalue weighted by Gasteiger charge is -2.53. The number of rotatable bonds is 9. The van der Waals surface area contributed by atoms with Gasteiger partial charge in [-0.1, -0.05) is 18.2 Å². The van der Waals surface area contributed by atoms with Gasteiger partial charge in [-0.05, 0) is 76.8 Å². The Morgan fingerprint density at radius 2 is 1.65 bits per heavy atom. The van der Waals surface area contributed by atoms with Crippen molar-refractivity contribution in [2.24, 2.45) is 0 Å². The molecular formula is C28H40N2O7. The molecule has 3 rings (SSSR count). The topological polar surface area (TPSA) is 152 Å². The van der Waals surface area contributed by atoms with E-state index in [0.29, 0.717) is 25.3 Å². The molecule has 0 spiro atoms. The molecule has 1 saturated heterocycles. The summed E-state index contributed by atoms with van der Waals surface area (Å²) in [4.78, 5) is 25.9. The third kappa shape index (κ3) is 11.1. The average molecular weight is 517 g/mol. The molecule has 2 heterocycles. The highest BCUT2D eigenvalue weighted by Gasteiger charge is 2.41. The number of pyridine rings is 1. The van der Waals surface area contributed by atoms with Crippen LogP contribution >= 0.6 is 0 Å². The van der Waals surface area contributed by atoms with Crippen molar-refractivity contribution in [1.29, 1.82) is 0 Å². The van der Waals surface area contributed by atoms with Crippen LogP contribution in [0.4, 0.5) is 0 Å². The van der Waals surface area contributed by atoms with E-state index in [-0.39, 0.29) is 16.6 Å². The van der Waals surface area contributed by atoms with Crippen LogP contribution in [0.1, 0.15) is 58.2 Å². The molecule has 5 N–H and O–H groups in total. The number of β-amino-alcohol motifs (C(OH)–C–C–N with tert-alkyl or cyclic N) is 1. The van der Waals surface area contributed by atoms with Gasteiger partial charge in [-0.3, -0.25) is 9.88 Å². The maximum atomic E-state index is 10.7. The smallest absolute Gasteiger partial charge is 0.328 e. The van der Waals surface area contributed by atoms with Gasteiger partial charge in [-0.25, -0.2) is 9.59 Å². The normalized spacial score (nSPS) is 17.1. The molecule has 1 unspecified atom stereocenters. The van der Waals surface area contributed by atoms with Gasteiger partial charge < -0.3 is 25.5 Å². The minimum absolute atomic E-state index is 0. The summed E-state index contributed by atoms with van der Waals surface area (Å²) in [7, 11) is 0. The van der Waals surface area contributed by atoms with E-state index in [2.05, 4.69) is 43.6 Å². The summed E-state index contributed by atoms with van der Waals surface area (Å²) in [6.45, 7) is 10.1. The van der Waals surface area contributed by atoms with E-state index in [1.54, 1.807) is 0 Å². The van der Waals surface area contributed by atoms with Crippen molar-refractivity contribution in [1.82, 2.24) is 9.88 Å². The molecule has 9 heteroatoms. The Hall–Kier alpha value is -3.27. The zero-order valence-electron chi connectivity index (χ0n) is 22.1.